The van der Waals surface area contributed by atoms with Crippen molar-refractivity contribution in [3.8, 4) is 6.07 Å². The van der Waals surface area contributed by atoms with Gasteiger partial charge in [0.1, 0.15) is 6.07 Å². The summed E-state index contributed by atoms with van der Waals surface area (Å²) >= 11 is 6.28. The first kappa shape index (κ1) is 19.3. The lowest BCUT2D eigenvalue weighted by atomic mass is 10.1. The number of benzene rings is 2. The van der Waals surface area contributed by atoms with E-state index in [2.05, 4.69) is 23.1 Å². The summed E-state index contributed by atoms with van der Waals surface area (Å²) in [5.74, 6) is 0. The molecule has 2 aromatic rings. The van der Waals surface area contributed by atoms with Crippen molar-refractivity contribution in [3.05, 3.63) is 64.7 Å². The fourth-order valence-corrected chi connectivity index (χ4v) is 5.87. The maximum absolute atomic E-state index is 12.6. The van der Waals surface area contributed by atoms with E-state index in [4.69, 9.17) is 16.9 Å². The fraction of sp³-hybridized carbons (Fsp3) is 0.381. The molecule has 1 saturated heterocycles. The van der Waals surface area contributed by atoms with Crippen LogP contribution in [-0.4, -0.2) is 37.1 Å². The molecule has 2 aromatic carbocycles. The average molecular weight is 416 g/mol. The molecule has 2 aliphatic rings. The Hall–Kier alpha value is -2.07. The van der Waals surface area contributed by atoms with Gasteiger partial charge < -0.3 is 4.90 Å². The average Bonchev–Trinajstić information content (AvgIpc) is 3.45. The lowest BCUT2D eigenvalue weighted by molar-refractivity contribution is 0.467. The van der Waals surface area contributed by atoms with Crippen LogP contribution in [0.4, 0.5) is 5.69 Å². The molecule has 1 aliphatic carbocycles. The van der Waals surface area contributed by atoms with Gasteiger partial charge in [0.2, 0.25) is 10.0 Å². The predicted molar refractivity (Wildman–Crippen MR) is 111 cm³/mol. The van der Waals surface area contributed by atoms with Gasteiger partial charge in [0.25, 0.3) is 0 Å². The third-order valence-electron chi connectivity index (χ3n) is 5.47. The lowest BCUT2D eigenvalue weighted by Crippen LogP contribution is -2.39. The van der Waals surface area contributed by atoms with Crippen LogP contribution in [0.3, 0.4) is 0 Å². The van der Waals surface area contributed by atoms with Crippen molar-refractivity contribution in [3.63, 3.8) is 0 Å². The van der Waals surface area contributed by atoms with Crippen LogP contribution < -0.4 is 4.90 Å². The Bertz CT molecular complexity index is 1000. The van der Waals surface area contributed by atoms with Crippen LogP contribution in [0, 0.1) is 11.3 Å². The minimum Gasteiger partial charge on any atom is -0.363 e. The highest BCUT2D eigenvalue weighted by Gasteiger charge is 2.43. The van der Waals surface area contributed by atoms with Gasteiger partial charge in [0, 0.05) is 31.4 Å². The normalized spacial score (nSPS) is 20.1. The number of anilines is 1. The van der Waals surface area contributed by atoms with Crippen LogP contribution in [-0.2, 0) is 16.6 Å². The van der Waals surface area contributed by atoms with E-state index in [1.807, 2.05) is 24.3 Å². The van der Waals surface area contributed by atoms with Gasteiger partial charge in [0.15, 0.2) is 0 Å². The van der Waals surface area contributed by atoms with Gasteiger partial charge in [0.05, 0.1) is 15.8 Å². The van der Waals surface area contributed by atoms with Gasteiger partial charge in [-0.1, -0.05) is 41.9 Å². The topological polar surface area (TPSA) is 64.4 Å². The Labute approximate surface area is 171 Å². The van der Waals surface area contributed by atoms with Crippen LogP contribution in [0.5, 0.6) is 0 Å². The van der Waals surface area contributed by atoms with Crippen LogP contribution in [0.15, 0.2) is 48.5 Å². The summed E-state index contributed by atoms with van der Waals surface area (Å²) in [4.78, 5) is 2.21. The molecule has 0 radical (unpaired) electrons. The molecule has 0 bridgehead atoms. The third kappa shape index (κ3) is 3.88. The maximum atomic E-state index is 12.6. The number of halogens is 1. The molecule has 1 saturated carbocycles. The number of nitrogens with zero attached hydrogens (tertiary/aromatic N) is 3. The molecule has 1 atom stereocenters. The number of hydrogen-bond acceptors (Lipinski definition) is 4. The lowest BCUT2D eigenvalue weighted by Gasteiger charge is -2.32. The van der Waals surface area contributed by atoms with E-state index in [9.17, 15) is 8.42 Å². The summed E-state index contributed by atoms with van der Waals surface area (Å²) in [5.41, 5.74) is 2.49. The summed E-state index contributed by atoms with van der Waals surface area (Å²) in [5, 5.41) is 9.39. The standard InChI is InChI=1S/C21H22ClN3O2S/c22-21-12-18(7-6-17(21)13-23)25(14-16-4-2-1-3-5-16)19-10-11-24(15-19)28(26,27)20-8-9-20/h1-7,12,19-20H,8-11,14-15H2/t19-/m0/s1. The fourth-order valence-electron chi connectivity index (χ4n) is 3.76. The first-order valence-corrected chi connectivity index (χ1v) is 11.4. The Morgan fingerprint density at radius 1 is 1.14 bits per heavy atom. The van der Waals surface area contributed by atoms with E-state index in [0.717, 1.165) is 30.5 Å². The molecule has 0 N–H and O–H groups in total. The first-order chi connectivity index (χ1) is 13.5. The highest BCUT2D eigenvalue weighted by Crippen LogP contribution is 2.35. The zero-order valence-electron chi connectivity index (χ0n) is 15.5. The highest BCUT2D eigenvalue weighted by molar-refractivity contribution is 7.90. The molecule has 28 heavy (non-hydrogen) atoms. The van der Waals surface area contributed by atoms with Crippen molar-refractivity contribution < 1.29 is 8.42 Å². The van der Waals surface area contributed by atoms with E-state index in [1.54, 1.807) is 16.4 Å². The van der Waals surface area contributed by atoms with Gasteiger partial charge in [-0.3, -0.25) is 0 Å². The van der Waals surface area contributed by atoms with E-state index in [-0.39, 0.29) is 11.3 Å². The van der Waals surface area contributed by atoms with E-state index in [0.29, 0.717) is 30.2 Å². The molecular formula is C21H22ClN3O2S. The molecule has 0 unspecified atom stereocenters. The van der Waals surface area contributed by atoms with Gasteiger partial charge in [-0.25, -0.2) is 8.42 Å². The second-order valence-electron chi connectivity index (χ2n) is 7.43. The number of rotatable bonds is 6. The maximum Gasteiger partial charge on any atom is 0.217 e. The van der Waals surface area contributed by atoms with Crippen molar-refractivity contribution in [2.45, 2.75) is 37.1 Å². The minimum atomic E-state index is -3.17. The summed E-state index contributed by atoms with van der Waals surface area (Å²) in [6, 6.07) is 17.7. The van der Waals surface area contributed by atoms with Gasteiger partial charge in [-0.2, -0.15) is 9.57 Å². The molecule has 0 spiro atoms. The minimum absolute atomic E-state index is 0.0673. The van der Waals surface area contributed by atoms with E-state index in [1.165, 1.54) is 0 Å². The Balaban J connectivity index is 1.62. The largest absolute Gasteiger partial charge is 0.363 e. The molecule has 0 aromatic heterocycles. The molecule has 1 aliphatic heterocycles. The van der Waals surface area contributed by atoms with E-state index < -0.39 is 10.0 Å². The van der Waals surface area contributed by atoms with Gasteiger partial charge in [-0.05, 0) is 43.0 Å². The summed E-state index contributed by atoms with van der Waals surface area (Å²) in [6.07, 6.45) is 2.33. The summed E-state index contributed by atoms with van der Waals surface area (Å²) < 4.78 is 26.9. The molecule has 7 heteroatoms. The number of nitriles is 1. The first-order valence-electron chi connectivity index (χ1n) is 9.48. The molecule has 1 heterocycles. The molecule has 0 amide bonds. The number of hydrogen-bond donors (Lipinski definition) is 0. The Morgan fingerprint density at radius 3 is 2.54 bits per heavy atom. The van der Waals surface area contributed by atoms with Crippen molar-refractivity contribution >= 4 is 27.3 Å². The quantitative estimate of drug-likeness (QED) is 0.720. The zero-order chi connectivity index (χ0) is 19.7. The zero-order valence-corrected chi connectivity index (χ0v) is 17.0. The smallest absolute Gasteiger partial charge is 0.217 e. The SMILES string of the molecule is N#Cc1ccc(N(Cc2ccccc2)[C@H]2CCN(S(=O)(=O)C3CC3)C2)cc1Cl. The van der Waals surface area contributed by atoms with Gasteiger partial charge >= 0.3 is 0 Å². The van der Waals surface area contributed by atoms with Crippen LogP contribution >= 0.6 is 11.6 Å². The second-order valence-corrected chi connectivity index (χ2v) is 10.1. The summed E-state index contributed by atoms with van der Waals surface area (Å²) in [7, 11) is -3.17. The van der Waals surface area contributed by atoms with Crippen molar-refractivity contribution in [1.82, 2.24) is 4.31 Å². The van der Waals surface area contributed by atoms with Crippen molar-refractivity contribution in [2.75, 3.05) is 18.0 Å². The number of sulfonamides is 1. The van der Waals surface area contributed by atoms with Gasteiger partial charge in [-0.15, -0.1) is 0 Å². The monoisotopic (exact) mass is 415 g/mol. The van der Waals surface area contributed by atoms with Crippen molar-refractivity contribution in [2.24, 2.45) is 0 Å². The molecule has 146 valence electrons. The summed E-state index contributed by atoms with van der Waals surface area (Å²) in [6.45, 7) is 1.70. The molecule has 2 fully saturated rings. The van der Waals surface area contributed by atoms with Crippen LogP contribution in [0.1, 0.15) is 30.4 Å². The highest BCUT2D eigenvalue weighted by atomic mass is 35.5. The molecule has 5 nitrogen and oxygen atoms in total. The van der Waals surface area contributed by atoms with E-state index >= 15 is 0 Å². The third-order valence-corrected chi connectivity index (χ3v) is 8.15. The Kier molecular flexibility index (Phi) is 5.33. The molecular weight excluding hydrogens is 394 g/mol. The molecule has 4 rings (SSSR count). The van der Waals surface area contributed by atoms with Crippen LogP contribution in [0.25, 0.3) is 0 Å². The van der Waals surface area contributed by atoms with Crippen molar-refractivity contribution in [1.29, 1.82) is 5.26 Å². The van der Waals surface area contributed by atoms with Crippen LogP contribution in [0.2, 0.25) is 5.02 Å². The Morgan fingerprint density at radius 2 is 1.89 bits per heavy atom. The predicted octanol–water partition coefficient (Wildman–Crippen LogP) is 3.78. The second kappa shape index (κ2) is 7.75.